The van der Waals surface area contributed by atoms with E-state index in [0.717, 1.165) is 21.5 Å². The largest absolute Gasteiger partial charge is 0.612 e. The van der Waals surface area contributed by atoms with Gasteiger partial charge in [-0.15, -0.1) is 0 Å². The molecule has 1 atom stereocenters. The van der Waals surface area contributed by atoms with Gasteiger partial charge in [-0.3, -0.25) is 0 Å². The minimum absolute atomic E-state index is 0.0648. The number of halogens is 4. The Morgan fingerprint density at radius 1 is 1.26 bits per heavy atom. The lowest BCUT2D eigenvalue weighted by Crippen LogP contribution is -2.09. The molecule has 3 aromatic rings. The van der Waals surface area contributed by atoms with Crippen LogP contribution >= 0.6 is 15.9 Å². The number of furan rings is 1. The number of alkyl halides is 3. The summed E-state index contributed by atoms with van der Waals surface area (Å²) in [5, 5.41) is 2.06. The molecule has 0 bridgehead atoms. The van der Waals surface area contributed by atoms with Gasteiger partial charge in [-0.25, -0.2) is 0 Å². The predicted octanol–water partition coefficient (Wildman–Crippen LogP) is 6.14. The summed E-state index contributed by atoms with van der Waals surface area (Å²) in [4.78, 5) is 0. The van der Waals surface area contributed by atoms with Crippen molar-refractivity contribution in [2.24, 2.45) is 0 Å². The topological polar surface area (TPSA) is 45.4 Å². The molecule has 0 spiro atoms. The van der Waals surface area contributed by atoms with Gasteiger partial charge < -0.3 is 13.7 Å². The fraction of sp³-hybridized carbons (Fsp3) is 0.158. The molecule has 8 heteroatoms. The van der Waals surface area contributed by atoms with Crippen LogP contribution in [0.3, 0.4) is 0 Å². The highest BCUT2D eigenvalue weighted by atomic mass is 79.9. The van der Waals surface area contributed by atoms with E-state index in [1.807, 2.05) is 6.07 Å². The van der Waals surface area contributed by atoms with Crippen LogP contribution in [0.15, 0.2) is 57.0 Å². The minimum atomic E-state index is -4.55. The molecular formula is C19H14BrF3O3S. The third-order valence-electron chi connectivity index (χ3n) is 3.76. The van der Waals surface area contributed by atoms with Gasteiger partial charge in [-0.1, -0.05) is 6.07 Å². The molecule has 0 saturated heterocycles. The van der Waals surface area contributed by atoms with Crippen molar-refractivity contribution in [3.63, 3.8) is 0 Å². The molecule has 3 nitrogen and oxygen atoms in total. The first-order valence-electron chi connectivity index (χ1n) is 7.75. The van der Waals surface area contributed by atoms with E-state index in [4.69, 9.17) is 9.15 Å². The van der Waals surface area contributed by atoms with E-state index in [1.54, 1.807) is 18.4 Å². The summed E-state index contributed by atoms with van der Waals surface area (Å²) in [6.45, 7) is 0.0666. The Bertz CT molecular complexity index is 980. The van der Waals surface area contributed by atoms with Crippen LogP contribution in [0.4, 0.5) is 13.2 Å². The number of hydrogen-bond acceptors (Lipinski definition) is 3. The van der Waals surface area contributed by atoms with Crippen LogP contribution in [-0.4, -0.2) is 10.8 Å². The molecule has 0 aliphatic heterocycles. The van der Waals surface area contributed by atoms with Gasteiger partial charge in [0.2, 0.25) is 0 Å². The predicted molar refractivity (Wildman–Crippen MR) is 103 cm³/mol. The molecule has 27 heavy (non-hydrogen) atoms. The lowest BCUT2D eigenvalue weighted by molar-refractivity contribution is -0.137. The first-order valence-corrected chi connectivity index (χ1v) is 10.2. The van der Waals surface area contributed by atoms with Crippen molar-refractivity contribution in [3.05, 3.63) is 69.2 Å². The minimum Gasteiger partial charge on any atom is -0.612 e. The molecule has 1 unspecified atom stereocenters. The molecule has 1 heterocycles. The molecule has 0 fully saturated rings. The van der Waals surface area contributed by atoms with Gasteiger partial charge in [0, 0.05) is 10.9 Å². The third-order valence-corrected chi connectivity index (χ3v) is 4.87. The van der Waals surface area contributed by atoms with Crippen LogP contribution in [0.2, 0.25) is 0 Å². The molecule has 1 aromatic heterocycles. The van der Waals surface area contributed by atoms with E-state index < -0.39 is 22.9 Å². The highest BCUT2D eigenvalue weighted by Gasteiger charge is 2.34. The van der Waals surface area contributed by atoms with Crippen LogP contribution in [0.25, 0.3) is 17.0 Å². The SMILES string of the molecule is C[S+]([O-])C=Cc1c(OCc2cc(Br)c3occc3c2)cccc1C(F)(F)F. The second-order valence-electron chi connectivity index (χ2n) is 5.72. The van der Waals surface area contributed by atoms with Crippen molar-refractivity contribution in [1.82, 2.24) is 0 Å². The Hall–Kier alpha value is -1.90. The van der Waals surface area contributed by atoms with E-state index >= 15 is 0 Å². The van der Waals surface area contributed by atoms with Gasteiger partial charge in [0.25, 0.3) is 0 Å². The van der Waals surface area contributed by atoms with Gasteiger partial charge in [0.1, 0.15) is 23.3 Å². The van der Waals surface area contributed by atoms with Crippen molar-refractivity contribution in [1.29, 1.82) is 0 Å². The Labute approximate surface area is 165 Å². The number of benzene rings is 2. The standard InChI is InChI=1S/C19H14BrF3O3S/c1-27(24)8-6-14-15(19(21,22)23)3-2-4-17(14)26-11-12-9-13-5-7-25-18(13)16(20)10-12/h2-10H,11H2,1H3. The average molecular weight is 459 g/mol. The monoisotopic (exact) mass is 458 g/mol. The highest BCUT2D eigenvalue weighted by molar-refractivity contribution is 9.10. The number of ether oxygens (including phenoxy) is 1. The smallest absolute Gasteiger partial charge is 0.417 e. The summed E-state index contributed by atoms with van der Waals surface area (Å²) in [7, 11) is 0. The zero-order valence-electron chi connectivity index (χ0n) is 14.0. The lowest BCUT2D eigenvalue weighted by atomic mass is 10.1. The van der Waals surface area contributed by atoms with Crippen LogP contribution in [-0.2, 0) is 24.0 Å². The van der Waals surface area contributed by atoms with E-state index in [-0.39, 0.29) is 17.9 Å². The van der Waals surface area contributed by atoms with Crippen molar-refractivity contribution in [2.75, 3.05) is 6.26 Å². The molecule has 0 aliphatic carbocycles. The fourth-order valence-corrected chi connectivity index (χ4v) is 3.54. The summed E-state index contributed by atoms with van der Waals surface area (Å²) in [6, 6.07) is 9.13. The van der Waals surface area contributed by atoms with E-state index in [2.05, 4.69) is 15.9 Å². The van der Waals surface area contributed by atoms with E-state index in [1.165, 1.54) is 29.9 Å². The fourth-order valence-electron chi connectivity index (χ4n) is 2.59. The van der Waals surface area contributed by atoms with Crippen molar-refractivity contribution in [3.8, 4) is 5.75 Å². The zero-order chi connectivity index (χ0) is 19.6. The molecule has 0 saturated carbocycles. The Morgan fingerprint density at radius 3 is 2.74 bits per heavy atom. The normalized spacial score (nSPS) is 13.4. The maximum atomic E-state index is 13.3. The van der Waals surface area contributed by atoms with Crippen molar-refractivity contribution < 1.29 is 26.9 Å². The molecule has 0 amide bonds. The van der Waals surface area contributed by atoms with Gasteiger partial charge in [-0.05, 0) is 69.1 Å². The number of hydrogen-bond donors (Lipinski definition) is 0. The molecule has 0 radical (unpaired) electrons. The van der Waals surface area contributed by atoms with Gasteiger partial charge in [0.05, 0.1) is 22.6 Å². The lowest BCUT2D eigenvalue weighted by Gasteiger charge is -2.15. The second kappa shape index (κ2) is 8.00. The maximum absolute atomic E-state index is 13.3. The zero-order valence-corrected chi connectivity index (χ0v) is 16.5. The van der Waals surface area contributed by atoms with E-state index in [0.29, 0.717) is 5.58 Å². The Morgan fingerprint density at radius 2 is 2.04 bits per heavy atom. The summed E-state index contributed by atoms with van der Waals surface area (Å²) in [6.07, 6.45) is -0.429. The van der Waals surface area contributed by atoms with Gasteiger partial charge in [-0.2, -0.15) is 13.2 Å². The molecule has 2 aromatic carbocycles. The second-order valence-corrected chi connectivity index (χ2v) is 7.85. The van der Waals surface area contributed by atoms with Gasteiger partial charge >= 0.3 is 6.18 Å². The molecule has 0 N–H and O–H groups in total. The summed E-state index contributed by atoms with van der Waals surface area (Å²) in [5.74, 6) is 0.0648. The summed E-state index contributed by atoms with van der Waals surface area (Å²) >= 11 is 2.02. The summed E-state index contributed by atoms with van der Waals surface area (Å²) < 4.78 is 63.0. The van der Waals surface area contributed by atoms with E-state index in [9.17, 15) is 17.7 Å². The highest BCUT2D eigenvalue weighted by Crippen LogP contribution is 2.37. The Balaban J connectivity index is 1.93. The molecule has 142 valence electrons. The molecule has 3 rings (SSSR count). The van der Waals surface area contributed by atoms with Crippen LogP contribution in [0.5, 0.6) is 5.75 Å². The Kier molecular flexibility index (Phi) is 5.88. The number of fused-ring (bicyclic) bond motifs is 1. The third kappa shape index (κ3) is 4.69. The van der Waals surface area contributed by atoms with Crippen molar-refractivity contribution in [2.45, 2.75) is 12.8 Å². The first-order chi connectivity index (χ1) is 12.8. The van der Waals surface area contributed by atoms with Crippen LogP contribution < -0.4 is 4.74 Å². The van der Waals surface area contributed by atoms with Crippen molar-refractivity contribution >= 4 is 44.2 Å². The first kappa shape index (κ1) is 19.9. The average Bonchev–Trinajstić information content (AvgIpc) is 3.06. The summed E-state index contributed by atoms with van der Waals surface area (Å²) in [5.41, 5.74) is 0.464. The maximum Gasteiger partial charge on any atom is 0.417 e. The van der Waals surface area contributed by atoms with Gasteiger partial charge in [0.15, 0.2) is 0 Å². The number of rotatable bonds is 5. The van der Waals surface area contributed by atoms with Crippen LogP contribution in [0, 0.1) is 0 Å². The molecule has 0 aliphatic rings. The molecular weight excluding hydrogens is 445 g/mol. The quantitative estimate of drug-likeness (QED) is 0.431. The van der Waals surface area contributed by atoms with Crippen LogP contribution in [0.1, 0.15) is 16.7 Å².